The summed E-state index contributed by atoms with van der Waals surface area (Å²) in [7, 11) is 0. The van der Waals surface area contributed by atoms with Gasteiger partial charge in [-0.05, 0) is 72.0 Å². The molecule has 5 aliphatic carbocycles. The van der Waals surface area contributed by atoms with Gasteiger partial charge in [-0.2, -0.15) is 0 Å². The molecule has 5 fully saturated rings. The minimum absolute atomic E-state index is 0.00158. The number of rotatable bonds is 6. The Morgan fingerprint density at radius 3 is 2.32 bits per heavy atom. The molecule has 0 spiro atoms. The third-order valence-electron chi connectivity index (χ3n) is 10.8. The lowest BCUT2D eigenvalue weighted by Gasteiger charge is -2.76. The lowest BCUT2D eigenvalue weighted by molar-refractivity contribution is -0.283. The van der Waals surface area contributed by atoms with Crippen molar-refractivity contribution in [3.63, 3.8) is 0 Å². The number of aromatic nitrogens is 2. The number of nitrogens with zero attached hydrogens (tertiary/aromatic N) is 2. The van der Waals surface area contributed by atoms with Gasteiger partial charge in [-0.25, -0.2) is 9.78 Å². The smallest absolute Gasteiger partial charge is 0.314 e. The molecular formula is C23H36N4O. The van der Waals surface area contributed by atoms with Crippen molar-refractivity contribution in [3.8, 4) is 0 Å². The SMILES string of the molecule is Cc1cncn1CCCNC(=O)NCC12CC3(C)C4(C)CC1CC4(C)C3(C)C2. The van der Waals surface area contributed by atoms with Crippen LogP contribution in [0, 0.1) is 39.9 Å². The first kappa shape index (κ1) is 18.5. The van der Waals surface area contributed by atoms with E-state index in [1.807, 2.05) is 12.5 Å². The van der Waals surface area contributed by atoms with Crippen molar-refractivity contribution in [2.45, 2.75) is 73.3 Å². The maximum Gasteiger partial charge on any atom is 0.314 e. The van der Waals surface area contributed by atoms with E-state index < -0.39 is 0 Å². The molecule has 0 aliphatic heterocycles. The van der Waals surface area contributed by atoms with E-state index in [9.17, 15) is 4.79 Å². The molecule has 0 saturated heterocycles. The molecule has 5 saturated carbocycles. The number of amides is 2. The van der Waals surface area contributed by atoms with Crippen LogP contribution in [0.4, 0.5) is 4.79 Å². The van der Waals surface area contributed by atoms with Crippen LogP contribution in [0.1, 0.15) is 65.5 Å². The van der Waals surface area contributed by atoms with E-state index in [4.69, 9.17) is 0 Å². The average molecular weight is 385 g/mol. The number of hydrogen-bond donors (Lipinski definition) is 2. The van der Waals surface area contributed by atoms with Gasteiger partial charge in [0, 0.05) is 31.5 Å². The van der Waals surface area contributed by atoms with Crippen LogP contribution < -0.4 is 10.6 Å². The Morgan fingerprint density at radius 1 is 1.11 bits per heavy atom. The summed E-state index contributed by atoms with van der Waals surface area (Å²) in [5.74, 6) is 0.788. The monoisotopic (exact) mass is 384 g/mol. The minimum Gasteiger partial charge on any atom is -0.338 e. The van der Waals surface area contributed by atoms with Crippen LogP contribution >= 0.6 is 0 Å². The first-order chi connectivity index (χ1) is 13.1. The van der Waals surface area contributed by atoms with Crippen molar-refractivity contribution in [1.29, 1.82) is 0 Å². The highest BCUT2D eigenvalue weighted by molar-refractivity contribution is 5.73. The van der Waals surface area contributed by atoms with Crippen LogP contribution in [0.3, 0.4) is 0 Å². The third kappa shape index (κ3) is 1.85. The van der Waals surface area contributed by atoms with Crippen LogP contribution in [0.2, 0.25) is 0 Å². The summed E-state index contributed by atoms with van der Waals surface area (Å²) in [5.41, 5.74) is 3.40. The van der Waals surface area contributed by atoms with E-state index in [0.717, 1.165) is 25.4 Å². The quantitative estimate of drug-likeness (QED) is 0.725. The molecule has 4 unspecified atom stereocenters. The Kier molecular flexibility index (Phi) is 3.53. The molecule has 1 aromatic heterocycles. The largest absolute Gasteiger partial charge is 0.338 e. The van der Waals surface area contributed by atoms with E-state index in [1.54, 1.807) is 0 Å². The standard InChI is InChI=1S/C23H36N4O/c1-16-11-24-15-27(16)8-6-7-25-18(28)26-14-23-12-21(4)19(2)9-17(23)10-20(19,3)22(21,5)13-23/h11,15,17H,6-10,12-14H2,1-5H3,(H2,25,26,28). The number of imidazole rings is 1. The second-order valence-corrected chi connectivity index (χ2v) is 11.3. The van der Waals surface area contributed by atoms with Crippen LogP contribution in [-0.4, -0.2) is 28.7 Å². The van der Waals surface area contributed by atoms with Crippen molar-refractivity contribution in [2.75, 3.05) is 13.1 Å². The van der Waals surface area contributed by atoms with Gasteiger partial charge in [0.05, 0.1) is 6.33 Å². The number of hydrogen-bond acceptors (Lipinski definition) is 2. The normalized spacial score (nSPS) is 47.2. The second-order valence-electron chi connectivity index (χ2n) is 11.3. The highest BCUT2D eigenvalue weighted by Gasteiger charge is 2.90. The van der Waals surface area contributed by atoms with E-state index in [2.05, 4.69) is 54.8 Å². The molecule has 1 aromatic rings. The average Bonchev–Trinajstić information content (AvgIpc) is 3.19. The van der Waals surface area contributed by atoms with E-state index >= 15 is 0 Å². The van der Waals surface area contributed by atoms with Gasteiger partial charge in [-0.3, -0.25) is 0 Å². The maximum atomic E-state index is 12.4. The van der Waals surface area contributed by atoms with Crippen molar-refractivity contribution in [2.24, 2.45) is 33.0 Å². The fourth-order valence-corrected chi connectivity index (χ4v) is 8.97. The van der Waals surface area contributed by atoms with Crippen molar-refractivity contribution in [3.05, 3.63) is 18.2 Å². The fraction of sp³-hybridized carbons (Fsp3) is 0.826. The Balaban J connectivity index is 1.16. The van der Waals surface area contributed by atoms with E-state index in [1.165, 1.54) is 31.4 Å². The van der Waals surface area contributed by atoms with Gasteiger partial charge in [0.25, 0.3) is 0 Å². The molecule has 2 N–H and O–H groups in total. The van der Waals surface area contributed by atoms with Crippen LogP contribution in [0.15, 0.2) is 12.5 Å². The van der Waals surface area contributed by atoms with Crippen LogP contribution in [-0.2, 0) is 6.54 Å². The van der Waals surface area contributed by atoms with Crippen molar-refractivity contribution >= 4 is 6.03 Å². The first-order valence-electron chi connectivity index (χ1n) is 11.1. The zero-order chi connectivity index (χ0) is 20.0. The topological polar surface area (TPSA) is 59.0 Å². The minimum atomic E-state index is 0.00158. The summed E-state index contributed by atoms with van der Waals surface area (Å²) < 4.78 is 2.13. The van der Waals surface area contributed by atoms with Gasteiger partial charge in [0.15, 0.2) is 0 Å². The summed E-state index contributed by atoms with van der Waals surface area (Å²) in [6, 6.07) is 0.00158. The molecule has 4 atom stereocenters. The second kappa shape index (κ2) is 5.34. The molecule has 5 heteroatoms. The van der Waals surface area contributed by atoms with Crippen LogP contribution in [0.25, 0.3) is 0 Å². The highest BCUT2D eigenvalue weighted by atomic mass is 16.2. The zero-order valence-electron chi connectivity index (χ0n) is 18.2. The summed E-state index contributed by atoms with van der Waals surface area (Å²) >= 11 is 0. The number of carbonyl (C=O) groups is 1. The molecule has 28 heavy (non-hydrogen) atoms. The predicted octanol–water partition coefficient (Wildman–Crippen LogP) is 4.12. The molecule has 5 aliphatic rings. The van der Waals surface area contributed by atoms with Gasteiger partial charge in [0.1, 0.15) is 0 Å². The lowest BCUT2D eigenvalue weighted by atomic mass is 9.28. The summed E-state index contributed by atoms with van der Waals surface area (Å²) in [6.45, 7) is 14.7. The van der Waals surface area contributed by atoms with E-state index in [0.29, 0.717) is 33.6 Å². The molecule has 154 valence electrons. The van der Waals surface area contributed by atoms with Gasteiger partial charge >= 0.3 is 6.03 Å². The Morgan fingerprint density at radius 2 is 1.75 bits per heavy atom. The molecule has 0 aromatic carbocycles. The van der Waals surface area contributed by atoms with Gasteiger partial charge in [-0.1, -0.05) is 27.7 Å². The maximum absolute atomic E-state index is 12.4. The van der Waals surface area contributed by atoms with Crippen LogP contribution in [0.5, 0.6) is 0 Å². The first-order valence-corrected chi connectivity index (χ1v) is 11.1. The van der Waals surface area contributed by atoms with Gasteiger partial charge in [0.2, 0.25) is 0 Å². The summed E-state index contributed by atoms with van der Waals surface area (Å²) in [4.78, 5) is 16.6. The molecule has 1 heterocycles. The van der Waals surface area contributed by atoms with Gasteiger partial charge < -0.3 is 15.2 Å². The number of aryl methyl sites for hydroxylation is 2. The fourth-order valence-electron chi connectivity index (χ4n) is 8.97. The number of nitrogens with one attached hydrogen (secondary N) is 2. The Labute approximate surface area is 169 Å². The van der Waals surface area contributed by atoms with Crippen molar-refractivity contribution in [1.82, 2.24) is 20.2 Å². The van der Waals surface area contributed by atoms with Crippen molar-refractivity contribution < 1.29 is 4.79 Å². The molecule has 2 amide bonds. The molecule has 0 radical (unpaired) electrons. The number of urea groups is 1. The highest BCUT2D eigenvalue weighted by Crippen LogP contribution is 2.96. The Hall–Kier alpha value is -1.52. The number of carbonyl (C=O) groups excluding carboxylic acids is 1. The molecular weight excluding hydrogens is 348 g/mol. The summed E-state index contributed by atoms with van der Waals surface area (Å²) in [5, 5.41) is 6.32. The Bertz CT molecular complexity index is 800. The molecule has 6 rings (SSSR count). The van der Waals surface area contributed by atoms with E-state index in [-0.39, 0.29) is 6.03 Å². The van der Waals surface area contributed by atoms with Gasteiger partial charge in [-0.15, -0.1) is 0 Å². The lowest BCUT2D eigenvalue weighted by Crippen LogP contribution is -2.70. The predicted molar refractivity (Wildman–Crippen MR) is 110 cm³/mol. The zero-order valence-corrected chi connectivity index (χ0v) is 18.2. The summed E-state index contributed by atoms with van der Waals surface area (Å²) in [6.07, 6.45) is 9.97. The third-order valence-corrected chi connectivity index (χ3v) is 10.8. The molecule has 6 bridgehead atoms. The molecule has 5 nitrogen and oxygen atoms in total.